The first-order valence-electron chi connectivity index (χ1n) is 8.68. The maximum absolute atomic E-state index is 12.5. The molecule has 3 rings (SSSR count). The van der Waals surface area contributed by atoms with Crippen LogP contribution in [0.2, 0.25) is 0 Å². The molecule has 1 aliphatic carbocycles. The summed E-state index contributed by atoms with van der Waals surface area (Å²) in [6, 6.07) is 7.20. The van der Waals surface area contributed by atoms with Gasteiger partial charge in [0.1, 0.15) is 11.4 Å². The molecule has 0 radical (unpaired) electrons. The van der Waals surface area contributed by atoms with Crippen molar-refractivity contribution in [1.29, 1.82) is 0 Å². The molecule has 0 saturated heterocycles. The minimum atomic E-state index is -0.525. The van der Waals surface area contributed by atoms with E-state index in [-0.39, 0.29) is 5.92 Å². The van der Waals surface area contributed by atoms with E-state index in [4.69, 9.17) is 4.74 Å². The molecule has 0 spiro atoms. The molecule has 1 aromatic carbocycles. The van der Waals surface area contributed by atoms with Gasteiger partial charge in [0.25, 0.3) is 0 Å². The van der Waals surface area contributed by atoms with Gasteiger partial charge in [-0.3, -0.25) is 9.59 Å². The van der Waals surface area contributed by atoms with E-state index >= 15 is 0 Å². The molecule has 2 atom stereocenters. The average molecular weight is 336 g/mol. The van der Waals surface area contributed by atoms with E-state index in [2.05, 4.69) is 39.8 Å². The molecule has 2 aliphatic rings. The van der Waals surface area contributed by atoms with Gasteiger partial charge in [0.05, 0.1) is 0 Å². The highest BCUT2D eigenvalue weighted by Crippen LogP contribution is 2.45. The van der Waals surface area contributed by atoms with Gasteiger partial charge in [-0.1, -0.05) is 48.4 Å². The molecule has 0 N–H and O–H groups in total. The fourth-order valence-electron chi connectivity index (χ4n) is 3.66. The lowest BCUT2D eigenvalue weighted by molar-refractivity contribution is -0.112. The molecule has 0 amide bonds. The Labute approximate surface area is 149 Å². The molecule has 1 aliphatic heterocycles. The van der Waals surface area contributed by atoms with Crippen molar-refractivity contribution in [2.75, 3.05) is 0 Å². The molecule has 0 fully saturated rings. The summed E-state index contributed by atoms with van der Waals surface area (Å²) in [4.78, 5) is 24.9. The largest absolute Gasteiger partial charge is 0.482 e. The summed E-state index contributed by atoms with van der Waals surface area (Å²) >= 11 is 0. The van der Waals surface area contributed by atoms with Crippen LogP contribution < -0.4 is 0 Å². The molecular formula is C22H24O3. The molecule has 130 valence electrons. The maximum atomic E-state index is 12.5. The summed E-state index contributed by atoms with van der Waals surface area (Å²) in [5.41, 5.74) is 3.51. The number of allylic oxidation sites excluding steroid dienone is 4. The zero-order valence-electron chi connectivity index (χ0n) is 15.5. The number of Topliss-reactive ketones (excluding diaryl/α,β-unsaturated/α-hetero) is 2. The minimum Gasteiger partial charge on any atom is -0.482 e. The predicted octanol–water partition coefficient (Wildman–Crippen LogP) is 4.89. The van der Waals surface area contributed by atoms with Crippen molar-refractivity contribution in [2.24, 2.45) is 5.92 Å². The minimum absolute atomic E-state index is 0.0915. The van der Waals surface area contributed by atoms with Gasteiger partial charge in [-0.25, -0.2) is 0 Å². The van der Waals surface area contributed by atoms with Crippen LogP contribution >= 0.6 is 0 Å². The number of ether oxygens (including phenoxy) is 1. The summed E-state index contributed by atoms with van der Waals surface area (Å²) in [6.07, 6.45) is 4.79. The lowest BCUT2D eigenvalue weighted by Crippen LogP contribution is -2.41. The van der Waals surface area contributed by atoms with Crippen molar-refractivity contribution in [3.63, 3.8) is 0 Å². The topological polar surface area (TPSA) is 43.4 Å². The number of carbonyl (C=O) groups is 2. The monoisotopic (exact) mass is 336 g/mol. The molecule has 0 bridgehead atoms. The van der Waals surface area contributed by atoms with E-state index in [1.165, 1.54) is 5.57 Å². The van der Waals surface area contributed by atoms with Crippen LogP contribution in [-0.4, -0.2) is 17.2 Å². The molecule has 2 unspecified atom stereocenters. The second kappa shape index (κ2) is 6.14. The number of rotatable bonds is 2. The number of ketones is 2. The van der Waals surface area contributed by atoms with Crippen molar-refractivity contribution in [1.82, 2.24) is 0 Å². The van der Waals surface area contributed by atoms with Crippen LogP contribution in [0.25, 0.3) is 5.76 Å². The van der Waals surface area contributed by atoms with E-state index < -0.39 is 17.2 Å². The number of fused-ring (bicyclic) bond motifs is 2. The molecule has 1 heterocycles. The van der Waals surface area contributed by atoms with E-state index in [0.29, 0.717) is 23.3 Å². The fraction of sp³-hybridized carbons (Fsp3) is 0.364. The first kappa shape index (κ1) is 17.4. The van der Waals surface area contributed by atoms with Crippen LogP contribution in [0.5, 0.6) is 0 Å². The highest BCUT2D eigenvalue weighted by molar-refractivity contribution is 6.52. The second-order valence-corrected chi connectivity index (χ2v) is 7.51. The van der Waals surface area contributed by atoms with Gasteiger partial charge in [0.2, 0.25) is 11.6 Å². The predicted molar refractivity (Wildman–Crippen MR) is 99.2 cm³/mol. The van der Waals surface area contributed by atoms with Crippen molar-refractivity contribution < 1.29 is 14.3 Å². The number of hydrogen-bond donors (Lipinski definition) is 0. The fourth-order valence-corrected chi connectivity index (χ4v) is 3.66. The zero-order valence-corrected chi connectivity index (χ0v) is 15.5. The van der Waals surface area contributed by atoms with Crippen LogP contribution in [-0.2, 0) is 9.53 Å². The van der Waals surface area contributed by atoms with Crippen molar-refractivity contribution in [2.45, 2.75) is 46.6 Å². The Morgan fingerprint density at radius 2 is 1.76 bits per heavy atom. The maximum Gasteiger partial charge on any atom is 0.234 e. The third kappa shape index (κ3) is 2.99. The Hall–Kier alpha value is -2.42. The van der Waals surface area contributed by atoms with E-state index in [1.807, 2.05) is 19.1 Å². The summed E-state index contributed by atoms with van der Waals surface area (Å²) in [6.45, 7) is 10.3. The Morgan fingerprint density at radius 3 is 2.40 bits per heavy atom. The lowest BCUT2D eigenvalue weighted by atomic mass is 9.76. The van der Waals surface area contributed by atoms with Gasteiger partial charge in [-0.15, -0.1) is 0 Å². The molecule has 0 aromatic heterocycles. The Balaban J connectivity index is 2.10. The Kier molecular flexibility index (Phi) is 4.28. The van der Waals surface area contributed by atoms with E-state index in [9.17, 15) is 9.59 Å². The average Bonchev–Trinajstić information content (AvgIpc) is 2.54. The Bertz CT molecular complexity index is 850. The first-order valence-corrected chi connectivity index (χ1v) is 8.68. The van der Waals surface area contributed by atoms with Crippen LogP contribution in [0.4, 0.5) is 0 Å². The summed E-state index contributed by atoms with van der Waals surface area (Å²) in [5.74, 6) is -0.187. The highest BCUT2D eigenvalue weighted by Gasteiger charge is 2.44. The highest BCUT2D eigenvalue weighted by atomic mass is 16.5. The smallest absolute Gasteiger partial charge is 0.234 e. The van der Waals surface area contributed by atoms with Crippen LogP contribution in [0.15, 0.2) is 53.1 Å². The summed E-state index contributed by atoms with van der Waals surface area (Å²) < 4.78 is 6.39. The molecule has 1 aromatic rings. The third-order valence-corrected chi connectivity index (χ3v) is 5.01. The quantitative estimate of drug-likeness (QED) is 0.570. The second-order valence-electron chi connectivity index (χ2n) is 7.51. The molecular weight excluding hydrogens is 312 g/mol. The Morgan fingerprint density at radius 1 is 1.12 bits per heavy atom. The van der Waals surface area contributed by atoms with Gasteiger partial charge < -0.3 is 4.74 Å². The van der Waals surface area contributed by atoms with Gasteiger partial charge in [0.15, 0.2) is 0 Å². The van der Waals surface area contributed by atoms with Gasteiger partial charge in [-0.05, 0) is 40.2 Å². The van der Waals surface area contributed by atoms with Crippen LogP contribution in [0.3, 0.4) is 0 Å². The number of hydrogen-bond acceptors (Lipinski definition) is 3. The van der Waals surface area contributed by atoms with E-state index in [1.54, 1.807) is 12.1 Å². The molecule has 3 heteroatoms. The summed E-state index contributed by atoms with van der Waals surface area (Å²) in [5, 5.41) is 0. The van der Waals surface area contributed by atoms with Crippen LogP contribution in [0, 0.1) is 5.92 Å². The molecule has 3 nitrogen and oxygen atoms in total. The van der Waals surface area contributed by atoms with Crippen molar-refractivity contribution >= 4 is 17.3 Å². The molecule has 25 heavy (non-hydrogen) atoms. The summed E-state index contributed by atoms with van der Waals surface area (Å²) in [7, 11) is 0. The molecule has 0 saturated carbocycles. The first-order chi connectivity index (χ1) is 11.7. The number of benzene rings is 1. The lowest BCUT2D eigenvalue weighted by Gasteiger charge is -2.41. The normalized spacial score (nSPS) is 26.0. The standard InChI is InChI=1S/C22H24O3/c1-13(2)10-14(3)12-22(5)15(4)11-18-20(24)19(23)16-8-6-7-9-17(16)21(18)25-22/h6-10,12,15H,11H2,1-5H3/b14-12+. The van der Waals surface area contributed by atoms with Crippen molar-refractivity contribution in [3.8, 4) is 0 Å². The zero-order chi connectivity index (χ0) is 18.4. The van der Waals surface area contributed by atoms with E-state index in [0.717, 1.165) is 11.1 Å². The van der Waals surface area contributed by atoms with Gasteiger partial charge >= 0.3 is 0 Å². The third-order valence-electron chi connectivity index (χ3n) is 5.01. The van der Waals surface area contributed by atoms with Crippen molar-refractivity contribution in [3.05, 3.63) is 64.3 Å². The van der Waals surface area contributed by atoms with Gasteiger partial charge in [0, 0.05) is 22.6 Å². The SMILES string of the molecule is CC(C)=C/C(C)=C/C1(C)OC2=C(CC1C)C(=O)C(=O)c1ccccc12. The van der Waals surface area contributed by atoms with Crippen LogP contribution in [0.1, 0.15) is 57.0 Å². The number of carbonyl (C=O) groups excluding carboxylic acids is 2. The van der Waals surface area contributed by atoms with Gasteiger partial charge in [-0.2, -0.15) is 0 Å².